The highest BCUT2D eigenvalue weighted by Crippen LogP contribution is 2.01. The molecular formula is C17H23N3O5. The zero-order valence-corrected chi connectivity index (χ0v) is 14.3. The number of nitrogens with zero attached hydrogens (tertiary/aromatic N) is 1. The zero-order chi connectivity index (χ0) is 18.8. The molecule has 0 radical (unpaired) electrons. The Morgan fingerprint density at radius 1 is 1.12 bits per heavy atom. The van der Waals surface area contributed by atoms with Gasteiger partial charge in [0.15, 0.2) is 0 Å². The highest BCUT2D eigenvalue weighted by molar-refractivity contribution is 5.88. The minimum absolute atomic E-state index is 0.0421. The molecule has 0 aliphatic rings. The molecule has 3 N–H and O–H groups in total. The second-order valence-electron chi connectivity index (χ2n) is 5.52. The molecule has 1 unspecified atom stereocenters. The number of carboxylic acid groups (broad SMARTS) is 1. The van der Waals surface area contributed by atoms with E-state index in [-0.39, 0.29) is 37.9 Å². The van der Waals surface area contributed by atoms with Gasteiger partial charge in [-0.05, 0) is 12.5 Å². The topological polar surface area (TPSA) is 116 Å². The predicted molar refractivity (Wildman–Crippen MR) is 90.7 cm³/mol. The number of aliphatic carboxylic acids is 1. The third-order valence-corrected chi connectivity index (χ3v) is 3.52. The molecule has 8 nitrogen and oxygen atoms in total. The monoisotopic (exact) mass is 349 g/mol. The van der Waals surface area contributed by atoms with Crippen LogP contribution in [0.5, 0.6) is 0 Å². The summed E-state index contributed by atoms with van der Waals surface area (Å²) in [5.41, 5.74) is 0.814. The van der Waals surface area contributed by atoms with Crippen LogP contribution in [0.15, 0.2) is 30.3 Å². The van der Waals surface area contributed by atoms with Gasteiger partial charge in [-0.3, -0.25) is 14.4 Å². The predicted octanol–water partition coefficient (Wildman–Crippen LogP) is -0.217. The number of carboxylic acids is 1. The standard InChI is InChI=1S/C17H23N3O5/c1-12(17(24)25)20(9-8-18-13(2)21)16(23)11-19-15(22)10-14-6-4-3-5-7-14/h3-7,12H,8-11H2,1-2H3,(H,18,21)(H,19,22)(H,24,25). The van der Waals surface area contributed by atoms with E-state index in [9.17, 15) is 19.2 Å². The Morgan fingerprint density at radius 2 is 1.76 bits per heavy atom. The molecule has 1 aromatic carbocycles. The van der Waals surface area contributed by atoms with Gasteiger partial charge in [0.1, 0.15) is 6.04 Å². The van der Waals surface area contributed by atoms with E-state index in [0.29, 0.717) is 0 Å². The summed E-state index contributed by atoms with van der Waals surface area (Å²) in [5, 5.41) is 14.1. The van der Waals surface area contributed by atoms with E-state index in [2.05, 4.69) is 10.6 Å². The van der Waals surface area contributed by atoms with Crippen LogP contribution in [-0.2, 0) is 25.6 Å². The van der Waals surface area contributed by atoms with E-state index in [4.69, 9.17) is 5.11 Å². The van der Waals surface area contributed by atoms with Gasteiger partial charge in [-0.2, -0.15) is 0 Å². The Balaban J connectivity index is 2.56. The van der Waals surface area contributed by atoms with Crippen molar-refractivity contribution in [2.45, 2.75) is 26.3 Å². The minimum atomic E-state index is -1.16. The quantitative estimate of drug-likeness (QED) is 0.570. The Kier molecular flexibility index (Phi) is 8.11. The van der Waals surface area contributed by atoms with Gasteiger partial charge in [0.25, 0.3) is 0 Å². The maximum Gasteiger partial charge on any atom is 0.326 e. The summed E-state index contributed by atoms with van der Waals surface area (Å²) in [4.78, 5) is 47.3. The average Bonchev–Trinajstić information content (AvgIpc) is 2.56. The van der Waals surface area contributed by atoms with Crippen molar-refractivity contribution in [1.82, 2.24) is 15.5 Å². The summed E-state index contributed by atoms with van der Waals surface area (Å²) in [5.74, 6) is -2.29. The minimum Gasteiger partial charge on any atom is -0.480 e. The summed E-state index contributed by atoms with van der Waals surface area (Å²) in [6.07, 6.45) is 0.133. The van der Waals surface area contributed by atoms with Crippen molar-refractivity contribution in [1.29, 1.82) is 0 Å². The third-order valence-electron chi connectivity index (χ3n) is 3.52. The molecule has 3 amide bonds. The van der Waals surface area contributed by atoms with Crippen LogP contribution >= 0.6 is 0 Å². The van der Waals surface area contributed by atoms with Crippen LogP contribution < -0.4 is 10.6 Å². The van der Waals surface area contributed by atoms with Crippen LogP contribution in [-0.4, -0.2) is 59.4 Å². The third kappa shape index (κ3) is 7.47. The fourth-order valence-electron chi connectivity index (χ4n) is 2.14. The Labute approximate surface area is 146 Å². The van der Waals surface area contributed by atoms with Crippen LogP contribution in [0.1, 0.15) is 19.4 Å². The van der Waals surface area contributed by atoms with Gasteiger partial charge in [-0.25, -0.2) is 4.79 Å². The van der Waals surface area contributed by atoms with Gasteiger partial charge < -0.3 is 20.6 Å². The fourth-order valence-corrected chi connectivity index (χ4v) is 2.14. The number of carbonyl (C=O) groups is 4. The lowest BCUT2D eigenvalue weighted by atomic mass is 10.1. The molecule has 1 aromatic rings. The molecule has 136 valence electrons. The van der Waals surface area contributed by atoms with Crippen LogP contribution in [0, 0.1) is 0 Å². The summed E-state index contributed by atoms with van der Waals surface area (Å²) < 4.78 is 0. The van der Waals surface area contributed by atoms with Crippen molar-refractivity contribution < 1.29 is 24.3 Å². The van der Waals surface area contributed by atoms with Crippen molar-refractivity contribution in [2.24, 2.45) is 0 Å². The largest absolute Gasteiger partial charge is 0.480 e. The molecule has 0 fully saturated rings. The fraction of sp³-hybridized carbons (Fsp3) is 0.412. The van der Waals surface area contributed by atoms with Crippen LogP contribution in [0.2, 0.25) is 0 Å². The van der Waals surface area contributed by atoms with Gasteiger partial charge in [0.05, 0.1) is 13.0 Å². The summed E-state index contributed by atoms with van der Waals surface area (Å²) in [6, 6.07) is 8.00. The van der Waals surface area contributed by atoms with Gasteiger partial charge in [-0.1, -0.05) is 30.3 Å². The van der Waals surface area contributed by atoms with Crippen molar-refractivity contribution in [3.8, 4) is 0 Å². The highest BCUT2D eigenvalue weighted by atomic mass is 16.4. The van der Waals surface area contributed by atoms with Crippen LogP contribution in [0.25, 0.3) is 0 Å². The smallest absolute Gasteiger partial charge is 0.326 e. The summed E-state index contributed by atoms with van der Waals surface area (Å²) in [6.45, 7) is 2.58. The van der Waals surface area contributed by atoms with Crippen molar-refractivity contribution in [3.63, 3.8) is 0 Å². The first-order chi connectivity index (χ1) is 11.8. The van der Waals surface area contributed by atoms with Crippen molar-refractivity contribution >= 4 is 23.7 Å². The Hall–Kier alpha value is -2.90. The average molecular weight is 349 g/mol. The molecular weight excluding hydrogens is 326 g/mol. The van der Waals surface area contributed by atoms with Gasteiger partial charge in [0.2, 0.25) is 17.7 Å². The Morgan fingerprint density at radius 3 is 2.32 bits per heavy atom. The molecule has 0 saturated carbocycles. The maximum absolute atomic E-state index is 12.3. The van der Waals surface area contributed by atoms with E-state index in [1.807, 2.05) is 18.2 Å². The van der Waals surface area contributed by atoms with Crippen molar-refractivity contribution in [2.75, 3.05) is 19.6 Å². The lowest BCUT2D eigenvalue weighted by molar-refractivity contribution is -0.149. The van der Waals surface area contributed by atoms with Crippen LogP contribution in [0.4, 0.5) is 0 Å². The van der Waals surface area contributed by atoms with Gasteiger partial charge in [-0.15, -0.1) is 0 Å². The molecule has 1 rings (SSSR count). The Bertz CT molecular complexity index is 618. The number of amides is 3. The van der Waals surface area contributed by atoms with Gasteiger partial charge >= 0.3 is 5.97 Å². The van der Waals surface area contributed by atoms with E-state index in [1.165, 1.54) is 13.8 Å². The molecule has 0 aliphatic heterocycles. The first-order valence-corrected chi connectivity index (χ1v) is 7.88. The molecule has 0 aromatic heterocycles. The normalized spacial score (nSPS) is 11.3. The van der Waals surface area contributed by atoms with Crippen molar-refractivity contribution in [3.05, 3.63) is 35.9 Å². The van der Waals surface area contributed by atoms with Crippen LogP contribution in [0.3, 0.4) is 0 Å². The first-order valence-electron chi connectivity index (χ1n) is 7.88. The number of benzene rings is 1. The molecule has 0 saturated heterocycles. The zero-order valence-electron chi connectivity index (χ0n) is 14.3. The number of hydrogen-bond donors (Lipinski definition) is 3. The lowest BCUT2D eigenvalue weighted by Gasteiger charge is -2.26. The molecule has 0 bridgehead atoms. The van der Waals surface area contributed by atoms with E-state index < -0.39 is 17.9 Å². The number of rotatable bonds is 9. The molecule has 0 spiro atoms. The second-order valence-corrected chi connectivity index (χ2v) is 5.52. The number of nitrogens with one attached hydrogen (secondary N) is 2. The first kappa shape index (κ1) is 20.1. The van der Waals surface area contributed by atoms with E-state index in [1.54, 1.807) is 12.1 Å². The number of hydrogen-bond acceptors (Lipinski definition) is 4. The SMILES string of the molecule is CC(=O)NCCN(C(=O)CNC(=O)Cc1ccccc1)C(C)C(=O)O. The number of carbonyl (C=O) groups excluding carboxylic acids is 3. The second kappa shape index (κ2) is 10.1. The molecule has 0 heterocycles. The maximum atomic E-state index is 12.3. The van der Waals surface area contributed by atoms with E-state index >= 15 is 0 Å². The molecule has 25 heavy (non-hydrogen) atoms. The molecule has 1 atom stereocenters. The lowest BCUT2D eigenvalue weighted by Crippen LogP contribution is -2.50. The van der Waals surface area contributed by atoms with E-state index in [0.717, 1.165) is 10.5 Å². The molecule has 8 heteroatoms. The molecule has 0 aliphatic carbocycles. The van der Waals surface area contributed by atoms with Gasteiger partial charge in [0, 0.05) is 20.0 Å². The summed E-state index contributed by atoms with van der Waals surface area (Å²) in [7, 11) is 0. The highest BCUT2D eigenvalue weighted by Gasteiger charge is 2.25. The summed E-state index contributed by atoms with van der Waals surface area (Å²) >= 11 is 0.